The smallest absolute Gasteiger partial charge is 0.130 e. The summed E-state index contributed by atoms with van der Waals surface area (Å²) in [7, 11) is 0. The number of allylic oxidation sites excluding steroid dienone is 2. The summed E-state index contributed by atoms with van der Waals surface area (Å²) in [5, 5.41) is 11.0. The molecule has 0 amide bonds. The van der Waals surface area contributed by atoms with Gasteiger partial charge in [0.25, 0.3) is 0 Å². The second-order valence-corrected chi connectivity index (χ2v) is 9.07. The molecule has 0 aromatic rings. The first kappa shape index (κ1) is 14.8. The molecule has 1 heteroatoms. The molecule has 3 saturated carbocycles. The summed E-state index contributed by atoms with van der Waals surface area (Å²) >= 11 is 0. The Morgan fingerprint density at radius 2 is 1.82 bits per heavy atom. The molecule has 0 aliphatic heterocycles. The molecule has 4 aliphatic rings. The second kappa shape index (κ2) is 4.64. The van der Waals surface area contributed by atoms with Crippen LogP contribution >= 0.6 is 0 Å². The molecule has 7 atom stereocenters. The van der Waals surface area contributed by atoms with Gasteiger partial charge in [0.1, 0.15) is 5.60 Å². The lowest BCUT2D eigenvalue weighted by Crippen LogP contribution is -2.55. The first-order valence-electron chi connectivity index (χ1n) is 9.30. The molecular weight excluding hydrogens is 268 g/mol. The Labute approximate surface area is 135 Å². The van der Waals surface area contributed by atoms with Gasteiger partial charge in [0.05, 0.1) is 0 Å². The third-order valence-electron chi connectivity index (χ3n) is 8.60. The van der Waals surface area contributed by atoms with E-state index in [4.69, 9.17) is 6.42 Å². The summed E-state index contributed by atoms with van der Waals surface area (Å²) < 4.78 is 0. The quantitative estimate of drug-likeness (QED) is 0.513. The van der Waals surface area contributed by atoms with Crippen LogP contribution in [0.2, 0.25) is 0 Å². The fraction of sp³-hybridized carbons (Fsp3) is 0.810. The SMILES string of the molecule is C#C[C@]1(O)CC[C@H]2[C@@H]3CC[C@@H]4CC=CC[C@]4(C)[C@H]3CC[C@@]21C. The van der Waals surface area contributed by atoms with Crippen molar-refractivity contribution < 1.29 is 5.11 Å². The van der Waals surface area contributed by atoms with Crippen LogP contribution in [0.1, 0.15) is 65.2 Å². The number of hydrogen-bond acceptors (Lipinski definition) is 1. The molecule has 0 unspecified atom stereocenters. The highest BCUT2D eigenvalue weighted by Gasteiger charge is 2.63. The van der Waals surface area contributed by atoms with E-state index in [9.17, 15) is 5.11 Å². The van der Waals surface area contributed by atoms with Crippen LogP contribution in [0.25, 0.3) is 0 Å². The third-order valence-corrected chi connectivity index (χ3v) is 8.60. The predicted octanol–water partition coefficient (Wildman–Crippen LogP) is 4.56. The summed E-state index contributed by atoms with van der Waals surface area (Å²) in [6, 6.07) is 0. The van der Waals surface area contributed by atoms with Crippen molar-refractivity contribution in [3.63, 3.8) is 0 Å². The second-order valence-electron chi connectivity index (χ2n) is 9.07. The standard InChI is InChI=1S/C21H30O/c1-4-21(22)14-11-18-16-9-8-15-7-5-6-12-19(15,2)17(16)10-13-20(18,21)3/h1,5-6,15-18,22H,7-14H2,2-3H3/t15-,16+,17-,18-,19-,20-,21-/m0/s1. The van der Waals surface area contributed by atoms with Gasteiger partial charge in [0, 0.05) is 5.41 Å². The molecule has 0 spiro atoms. The van der Waals surface area contributed by atoms with Crippen LogP contribution in [-0.2, 0) is 0 Å². The summed E-state index contributed by atoms with van der Waals surface area (Å²) in [6.07, 6.45) is 20.2. The Morgan fingerprint density at radius 3 is 2.59 bits per heavy atom. The number of aliphatic hydroxyl groups is 1. The lowest BCUT2D eigenvalue weighted by atomic mass is 9.45. The number of rotatable bonds is 0. The van der Waals surface area contributed by atoms with Gasteiger partial charge in [-0.15, -0.1) is 6.42 Å². The Hall–Kier alpha value is -0.740. The van der Waals surface area contributed by atoms with E-state index in [0.29, 0.717) is 11.3 Å². The van der Waals surface area contributed by atoms with Gasteiger partial charge in [0.2, 0.25) is 0 Å². The minimum Gasteiger partial charge on any atom is -0.377 e. The van der Waals surface area contributed by atoms with Crippen LogP contribution < -0.4 is 0 Å². The van der Waals surface area contributed by atoms with Crippen molar-refractivity contribution in [2.45, 2.75) is 70.8 Å². The van der Waals surface area contributed by atoms with Gasteiger partial charge in [-0.25, -0.2) is 0 Å². The van der Waals surface area contributed by atoms with Gasteiger partial charge < -0.3 is 5.11 Å². The summed E-state index contributed by atoms with van der Waals surface area (Å²) in [5.74, 6) is 5.93. The van der Waals surface area contributed by atoms with Crippen LogP contribution in [-0.4, -0.2) is 10.7 Å². The number of hydrogen-bond donors (Lipinski definition) is 1. The van der Waals surface area contributed by atoms with Gasteiger partial charge in [-0.2, -0.15) is 0 Å². The topological polar surface area (TPSA) is 20.2 Å². The molecule has 0 radical (unpaired) electrons. The lowest BCUT2D eigenvalue weighted by Gasteiger charge is -2.60. The molecule has 0 aromatic heterocycles. The van der Waals surface area contributed by atoms with E-state index in [1.54, 1.807) is 0 Å². The molecule has 22 heavy (non-hydrogen) atoms. The van der Waals surface area contributed by atoms with Crippen molar-refractivity contribution in [2.75, 3.05) is 0 Å². The number of fused-ring (bicyclic) bond motifs is 5. The van der Waals surface area contributed by atoms with Crippen LogP contribution in [0.3, 0.4) is 0 Å². The highest BCUT2D eigenvalue weighted by atomic mass is 16.3. The van der Waals surface area contributed by atoms with Crippen LogP contribution in [0.15, 0.2) is 12.2 Å². The van der Waals surface area contributed by atoms with Crippen molar-refractivity contribution >= 4 is 0 Å². The highest BCUT2D eigenvalue weighted by molar-refractivity contribution is 5.23. The molecule has 4 aliphatic carbocycles. The summed E-state index contributed by atoms with van der Waals surface area (Å²) in [4.78, 5) is 0. The lowest BCUT2D eigenvalue weighted by molar-refractivity contribution is -0.125. The Morgan fingerprint density at radius 1 is 1.05 bits per heavy atom. The third kappa shape index (κ3) is 1.66. The average molecular weight is 298 g/mol. The first-order valence-corrected chi connectivity index (χ1v) is 9.30. The first-order chi connectivity index (χ1) is 10.4. The molecule has 0 saturated heterocycles. The summed E-state index contributed by atoms with van der Waals surface area (Å²) in [5.41, 5.74) is -0.403. The molecule has 3 fully saturated rings. The van der Waals surface area contributed by atoms with Gasteiger partial charge in [-0.3, -0.25) is 0 Å². The molecule has 0 aromatic carbocycles. The maximum absolute atomic E-state index is 11.0. The van der Waals surface area contributed by atoms with Crippen molar-refractivity contribution in [3.05, 3.63) is 12.2 Å². The zero-order valence-electron chi connectivity index (χ0n) is 14.1. The van der Waals surface area contributed by atoms with E-state index in [-0.39, 0.29) is 5.41 Å². The zero-order valence-corrected chi connectivity index (χ0v) is 14.1. The molecule has 120 valence electrons. The molecule has 0 heterocycles. The maximum atomic E-state index is 11.0. The zero-order chi connectivity index (χ0) is 15.6. The summed E-state index contributed by atoms with van der Waals surface area (Å²) in [6.45, 7) is 4.85. The molecule has 4 rings (SSSR count). The minimum atomic E-state index is -0.854. The molecular formula is C21H30O. The fourth-order valence-electron chi connectivity index (χ4n) is 7.09. The van der Waals surface area contributed by atoms with Crippen LogP contribution in [0, 0.1) is 46.8 Å². The van der Waals surface area contributed by atoms with Crippen LogP contribution in [0.4, 0.5) is 0 Å². The minimum absolute atomic E-state index is 0.0450. The maximum Gasteiger partial charge on any atom is 0.130 e. The van der Waals surface area contributed by atoms with Crippen molar-refractivity contribution in [2.24, 2.45) is 34.5 Å². The van der Waals surface area contributed by atoms with E-state index in [2.05, 4.69) is 31.9 Å². The van der Waals surface area contributed by atoms with Gasteiger partial charge in [-0.05, 0) is 80.5 Å². The van der Waals surface area contributed by atoms with Crippen molar-refractivity contribution in [1.29, 1.82) is 0 Å². The fourth-order valence-corrected chi connectivity index (χ4v) is 7.09. The van der Waals surface area contributed by atoms with Gasteiger partial charge >= 0.3 is 0 Å². The monoisotopic (exact) mass is 298 g/mol. The normalized spacial score (nSPS) is 56.6. The molecule has 1 N–H and O–H groups in total. The van der Waals surface area contributed by atoms with E-state index < -0.39 is 5.60 Å². The molecule has 1 nitrogen and oxygen atoms in total. The van der Waals surface area contributed by atoms with Gasteiger partial charge in [-0.1, -0.05) is 31.9 Å². The number of terminal acetylenes is 1. The Balaban J connectivity index is 1.68. The molecule has 0 bridgehead atoms. The van der Waals surface area contributed by atoms with Crippen molar-refractivity contribution in [1.82, 2.24) is 0 Å². The van der Waals surface area contributed by atoms with Gasteiger partial charge in [0.15, 0.2) is 0 Å². The van der Waals surface area contributed by atoms with E-state index in [0.717, 1.165) is 37.0 Å². The van der Waals surface area contributed by atoms with E-state index in [1.807, 2.05) is 0 Å². The highest BCUT2D eigenvalue weighted by Crippen LogP contribution is 2.67. The Kier molecular flexibility index (Phi) is 3.12. The average Bonchev–Trinajstić information content (AvgIpc) is 2.79. The predicted molar refractivity (Wildman–Crippen MR) is 90.0 cm³/mol. The van der Waals surface area contributed by atoms with Crippen molar-refractivity contribution in [3.8, 4) is 12.3 Å². The van der Waals surface area contributed by atoms with E-state index in [1.165, 1.54) is 32.1 Å². The van der Waals surface area contributed by atoms with E-state index >= 15 is 0 Å². The Bertz CT molecular complexity index is 543. The van der Waals surface area contributed by atoms with Crippen LogP contribution in [0.5, 0.6) is 0 Å². The largest absolute Gasteiger partial charge is 0.377 e.